The van der Waals surface area contributed by atoms with Gasteiger partial charge in [0.05, 0.1) is 6.61 Å². The summed E-state index contributed by atoms with van der Waals surface area (Å²) >= 11 is 5.90. The molecule has 0 saturated carbocycles. The Hall–Kier alpha value is -2.40. The standard InChI is InChI=1S/C18H18ClN3O2/c1-18(2,3)11-23-16-14(5-4-10-20-16)17-21-15(22-24-17)12-6-8-13(19)9-7-12/h4-10H,11H2,1-3H3. The van der Waals surface area contributed by atoms with E-state index in [4.69, 9.17) is 20.9 Å². The highest BCUT2D eigenvalue weighted by atomic mass is 35.5. The van der Waals surface area contributed by atoms with E-state index in [1.807, 2.05) is 24.3 Å². The van der Waals surface area contributed by atoms with Crippen LogP contribution in [0.1, 0.15) is 20.8 Å². The molecule has 3 aromatic rings. The summed E-state index contributed by atoms with van der Waals surface area (Å²) < 4.78 is 11.2. The van der Waals surface area contributed by atoms with Crippen LogP contribution >= 0.6 is 11.6 Å². The highest BCUT2D eigenvalue weighted by Crippen LogP contribution is 2.29. The highest BCUT2D eigenvalue weighted by molar-refractivity contribution is 6.30. The van der Waals surface area contributed by atoms with Crippen LogP contribution in [0.5, 0.6) is 5.88 Å². The molecule has 1 aromatic carbocycles. The van der Waals surface area contributed by atoms with Gasteiger partial charge in [-0.15, -0.1) is 0 Å². The van der Waals surface area contributed by atoms with Crippen molar-refractivity contribution in [2.24, 2.45) is 5.41 Å². The van der Waals surface area contributed by atoms with Gasteiger partial charge in [0.2, 0.25) is 11.7 Å². The monoisotopic (exact) mass is 343 g/mol. The Balaban J connectivity index is 1.89. The molecule has 0 saturated heterocycles. The molecule has 0 unspecified atom stereocenters. The Labute approximate surface area is 145 Å². The van der Waals surface area contributed by atoms with Crippen LogP contribution in [0.2, 0.25) is 5.02 Å². The van der Waals surface area contributed by atoms with Gasteiger partial charge in [0, 0.05) is 16.8 Å². The Morgan fingerprint density at radius 1 is 1.12 bits per heavy atom. The van der Waals surface area contributed by atoms with Gasteiger partial charge in [-0.1, -0.05) is 37.5 Å². The zero-order chi connectivity index (χ0) is 17.2. The molecule has 2 heterocycles. The second kappa shape index (κ2) is 6.61. The normalized spacial score (nSPS) is 11.5. The molecule has 0 aliphatic rings. The first-order chi connectivity index (χ1) is 11.4. The van der Waals surface area contributed by atoms with E-state index >= 15 is 0 Å². The van der Waals surface area contributed by atoms with Crippen LogP contribution in [0.25, 0.3) is 22.8 Å². The summed E-state index contributed by atoms with van der Waals surface area (Å²) in [4.78, 5) is 8.73. The summed E-state index contributed by atoms with van der Waals surface area (Å²) in [5.41, 5.74) is 1.53. The van der Waals surface area contributed by atoms with E-state index in [1.165, 1.54) is 0 Å². The van der Waals surface area contributed by atoms with E-state index in [-0.39, 0.29) is 5.41 Å². The summed E-state index contributed by atoms with van der Waals surface area (Å²) in [5.74, 6) is 1.35. The third kappa shape index (κ3) is 3.92. The molecule has 0 N–H and O–H groups in total. The van der Waals surface area contributed by atoms with Crippen molar-refractivity contribution in [2.75, 3.05) is 6.61 Å². The lowest BCUT2D eigenvalue weighted by Crippen LogP contribution is -2.17. The molecule has 6 heteroatoms. The van der Waals surface area contributed by atoms with Gasteiger partial charge in [-0.3, -0.25) is 0 Å². The molecule has 0 amide bonds. The van der Waals surface area contributed by atoms with Gasteiger partial charge >= 0.3 is 0 Å². The van der Waals surface area contributed by atoms with Gasteiger partial charge in [-0.05, 0) is 41.8 Å². The van der Waals surface area contributed by atoms with Crippen LogP contribution in [-0.2, 0) is 0 Å². The minimum atomic E-state index is 0.0259. The van der Waals surface area contributed by atoms with E-state index in [0.29, 0.717) is 34.8 Å². The molecule has 124 valence electrons. The molecule has 0 atom stereocenters. The number of nitrogens with zero attached hydrogens (tertiary/aromatic N) is 3. The molecular formula is C18H18ClN3O2. The Morgan fingerprint density at radius 3 is 2.58 bits per heavy atom. The van der Waals surface area contributed by atoms with Crippen molar-refractivity contribution in [3.8, 4) is 28.7 Å². The lowest BCUT2D eigenvalue weighted by atomic mass is 9.99. The number of halogens is 1. The van der Waals surface area contributed by atoms with Gasteiger partial charge in [0.1, 0.15) is 5.56 Å². The largest absolute Gasteiger partial charge is 0.477 e. The maximum atomic E-state index is 5.90. The van der Waals surface area contributed by atoms with Gasteiger partial charge in [0.25, 0.3) is 5.89 Å². The fourth-order valence-corrected chi connectivity index (χ4v) is 2.13. The molecule has 5 nitrogen and oxygen atoms in total. The second-order valence-corrected chi connectivity index (χ2v) is 7.07. The van der Waals surface area contributed by atoms with E-state index in [1.54, 1.807) is 18.3 Å². The number of aromatic nitrogens is 3. The molecule has 0 aliphatic carbocycles. The van der Waals surface area contributed by atoms with Crippen LogP contribution in [0.15, 0.2) is 47.1 Å². The molecule has 2 aromatic heterocycles. The van der Waals surface area contributed by atoms with Gasteiger partial charge in [-0.25, -0.2) is 4.98 Å². The van der Waals surface area contributed by atoms with Crippen molar-refractivity contribution in [3.05, 3.63) is 47.6 Å². The smallest absolute Gasteiger partial charge is 0.263 e. The summed E-state index contributed by atoms with van der Waals surface area (Å²) in [7, 11) is 0. The van der Waals surface area contributed by atoms with Crippen LogP contribution in [0.4, 0.5) is 0 Å². The Bertz CT molecular complexity index is 823. The number of rotatable bonds is 4. The highest BCUT2D eigenvalue weighted by Gasteiger charge is 2.18. The van der Waals surface area contributed by atoms with E-state index in [0.717, 1.165) is 5.56 Å². The molecule has 0 radical (unpaired) electrons. The van der Waals surface area contributed by atoms with Crippen molar-refractivity contribution in [2.45, 2.75) is 20.8 Å². The zero-order valence-corrected chi connectivity index (χ0v) is 14.5. The van der Waals surface area contributed by atoms with Gasteiger partial charge in [0.15, 0.2) is 0 Å². The topological polar surface area (TPSA) is 61.0 Å². The summed E-state index contributed by atoms with van der Waals surface area (Å²) in [6.07, 6.45) is 1.68. The molecule has 0 spiro atoms. The molecule has 0 bridgehead atoms. The summed E-state index contributed by atoms with van der Waals surface area (Å²) in [6, 6.07) is 10.9. The Morgan fingerprint density at radius 2 is 1.88 bits per heavy atom. The first-order valence-corrected chi connectivity index (χ1v) is 7.98. The maximum absolute atomic E-state index is 5.90. The third-order valence-electron chi connectivity index (χ3n) is 3.17. The predicted octanol–water partition coefficient (Wildman–Crippen LogP) is 4.88. The lowest BCUT2D eigenvalue weighted by molar-refractivity contribution is 0.192. The molecule has 0 aliphatic heterocycles. The maximum Gasteiger partial charge on any atom is 0.263 e. The summed E-state index contributed by atoms with van der Waals surface area (Å²) in [6.45, 7) is 6.83. The summed E-state index contributed by atoms with van der Waals surface area (Å²) in [5, 5.41) is 4.69. The SMILES string of the molecule is CC(C)(C)COc1ncccc1-c1nc(-c2ccc(Cl)cc2)no1. The number of pyridine rings is 1. The van der Waals surface area contributed by atoms with E-state index in [9.17, 15) is 0 Å². The van der Waals surface area contributed by atoms with Crippen LogP contribution in [0, 0.1) is 5.41 Å². The molecule has 0 fully saturated rings. The first kappa shape index (κ1) is 16.5. The minimum Gasteiger partial charge on any atom is -0.477 e. The number of hydrogen-bond acceptors (Lipinski definition) is 5. The van der Waals surface area contributed by atoms with Crippen molar-refractivity contribution < 1.29 is 9.26 Å². The zero-order valence-electron chi connectivity index (χ0n) is 13.8. The van der Waals surface area contributed by atoms with Crippen molar-refractivity contribution in [1.82, 2.24) is 15.1 Å². The van der Waals surface area contributed by atoms with Crippen LogP contribution in [0.3, 0.4) is 0 Å². The van der Waals surface area contributed by atoms with Crippen LogP contribution in [-0.4, -0.2) is 21.7 Å². The average molecular weight is 344 g/mol. The average Bonchev–Trinajstić information content (AvgIpc) is 3.03. The lowest BCUT2D eigenvalue weighted by Gasteiger charge is -2.18. The fraction of sp³-hybridized carbons (Fsp3) is 0.278. The molecule has 24 heavy (non-hydrogen) atoms. The van der Waals surface area contributed by atoms with E-state index in [2.05, 4.69) is 35.9 Å². The van der Waals surface area contributed by atoms with E-state index < -0.39 is 0 Å². The van der Waals surface area contributed by atoms with Gasteiger partial charge in [-0.2, -0.15) is 4.98 Å². The fourth-order valence-electron chi connectivity index (χ4n) is 2.00. The number of benzene rings is 1. The van der Waals surface area contributed by atoms with Crippen LogP contribution < -0.4 is 4.74 Å². The van der Waals surface area contributed by atoms with Crippen molar-refractivity contribution in [3.63, 3.8) is 0 Å². The quantitative estimate of drug-likeness (QED) is 0.675. The van der Waals surface area contributed by atoms with Crippen molar-refractivity contribution in [1.29, 1.82) is 0 Å². The molecule has 3 rings (SSSR count). The first-order valence-electron chi connectivity index (χ1n) is 7.60. The molecular weight excluding hydrogens is 326 g/mol. The van der Waals surface area contributed by atoms with Gasteiger partial charge < -0.3 is 9.26 Å². The second-order valence-electron chi connectivity index (χ2n) is 6.64. The third-order valence-corrected chi connectivity index (χ3v) is 3.42. The van der Waals surface area contributed by atoms with Crippen molar-refractivity contribution >= 4 is 11.6 Å². The Kier molecular flexibility index (Phi) is 4.53. The predicted molar refractivity (Wildman–Crippen MR) is 92.9 cm³/mol. The number of ether oxygens (including phenoxy) is 1. The number of hydrogen-bond donors (Lipinski definition) is 0. The minimum absolute atomic E-state index is 0.0259.